The summed E-state index contributed by atoms with van der Waals surface area (Å²) < 4.78 is 5.20. The molecule has 16 heavy (non-hydrogen) atoms. The van der Waals surface area contributed by atoms with E-state index in [1.165, 1.54) is 0 Å². The molecule has 0 saturated carbocycles. The van der Waals surface area contributed by atoms with Crippen LogP contribution in [0.25, 0.3) is 0 Å². The largest absolute Gasteiger partial charge is 0.455 e. The third-order valence-electron chi connectivity index (χ3n) is 2.32. The molecule has 1 unspecified atom stereocenters. The monoisotopic (exact) mass is 226 g/mol. The van der Waals surface area contributed by atoms with Crippen molar-refractivity contribution in [2.75, 3.05) is 13.2 Å². The van der Waals surface area contributed by atoms with Gasteiger partial charge in [0.25, 0.3) is 5.91 Å². The first-order valence-corrected chi connectivity index (χ1v) is 5.35. The highest BCUT2D eigenvalue weighted by Crippen LogP contribution is 2.07. The van der Waals surface area contributed by atoms with Crippen LogP contribution in [0.15, 0.2) is 16.5 Å². The fourth-order valence-corrected chi connectivity index (χ4v) is 1.29. The van der Waals surface area contributed by atoms with Gasteiger partial charge < -0.3 is 20.6 Å². The number of rotatable bonds is 6. The highest BCUT2D eigenvalue weighted by Gasteiger charge is 2.11. The topological polar surface area (TPSA) is 88.5 Å². The fourth-order valence-electron chi connectivity index (χ4n) is 1.29. The molecule has 0 spiro atoms. The molecule has 5 heteroatoms. The number of nitrogens with two attached hydrogens (primary N) is 1. The average molecular weight is 226 g/mol. The first-order valence-electron chi connectivity index (χ1n) is 5.35. The first kappa shape index (κ1) is 12.7. The number of carbonyl (C=O) groups is 1. The Morgan fingerprint density at radius 3 is 2.94 bits per heavy atom. The van der Waals surface area contributed by atoms with Crippen molar-refractivity contribution in [2.45, 2.75) is 19.9 Å². The number of hydrogen-bond donors (Lipinski definition) is 3. The number of amides is 1. The van der Waals surface area contributed by atoms with Crippen molar-refractivity contribution in [3.8, 4) is 0 Å². The van der Waals surface area contributed by atoms with Gasteiger partial charge in [-0.2, -0.15) is 0 Å². The van der Waals surface area contributed by atoms with Crippen LogP contribution in [0.4, 0.5) is 0 Å². The van der Waals surface area contributed by atoms with Crippen LogP contribution >= 0.6 is 0 Å². The highest BCUT2D eigenvalue weighted by molar-refractivity contribution is 5.91. The van der Waals surface area contributed by atoms with Gasteiger partial charge in [-0.15, -0.1) is 0 Å². The maximum absolute atomic E-state index is 11.6. The van der Waals surface area contributed by atoms with E-state index >= 15 is 0 Å². The summed E-state index contributed by atoms with van der Waals surface area (Å²) in [6.07, 6.45) is 0.673. The van der Waals surface area contributed by atoms with Crippen LogP contribution in [0.2, 0.25) is 0 Å². The molecular formula is C11H18N2O3. The van der Waals surface area contributed by atoms with Crippen LogP contribution in [-0.4, -0.2) is 24.2 Å². The van der Waals surface area contributed by atoms with E-state index in [4.69, 9.17) is 15.3 Å². The van der Waals surface area contributed by atoms with Crippen molar-refractivity contribution in [2.24, 2.45) is 11.7 Å². The zero-order chi connectivity index (χ0) is 12.0. The van der Waals surface area contributed by atoms with E-state index in [-0.39, 0.29) is 30.7 Å². The Bertz CT molecular complexity index is 336. The van der Waals surface area contributed by atoms with Gasteiger partial charge >= 0.3 is 0 Å². The van der Waals surface area contributed by atoms with Crippen molar-refractivity contribution < 1.29 is 14.3 Å². The maximum Gasteiger partial charge on any atom is 0.287 e. The van der Waals surface area contributed by atoms with Crippen LogP contribution in [0.1, 0.15) is 29.7 Å². The first-order chi connectivity index (χ1) is 7.67. The van der Waals surface area contributed by atoms with Crippen molar-refractivity contribution in [3.63, 3.8) is 0 Å². The van der Waals surface area contributed by atoms with Gasteiger partial charge in [-0.05, 0) is 24.5 Å². The van der Waals surface area contributed by atoms with Crippen LogP contribution in [0.5, 0.6) is 0 Å². The zero-order valence-electron chi connectivity index (χ0n) is 9.40. The van der Waals surface area contributed by atoms with Crippen molar-refractivity contribution in [1.29, 1.82) is 0 Å². The summed E-state index contributed by atoms with van der Waals surface area (Å²) in [6.45, 7) is 2.91. The Hall–Kier alpha value is -1.33. The predicted octanol–water partition coefficient (Wildman–Crippen LogP) is 0.487. The Morgan fingerprint density at radius 1 is 1.62 bits per heavy atom. The van der Waals surface area contributed by atoms with Crippen molar-refractivity contribution in [3.05, 3.63) is 23.7 Å². The van der Waals surface area contributed by atoms with Gasteiger partial charge in [-0.3, -0.25) is 4.79 Å². The number of aliphatic hydroxyl groups excluding tert-OH is 1. The molecule has 90 valence electrons. The van der Waals surface area contributed by atoms with E-state index in [2.05, 4.69) is 5.32 Å². The Morgan fingerprint density at radius 2 is 2.38 bits per heavy atom. The second-order valence-electron chi connectivity index (χ2n) is 3.80. The number of nitrogens with one attached hydrogen (secondary N) is 1. The Balaban J connectivity index is 2.40. The summed E-state index contributed by atoms with van der Waals surface area (Å²) in [4.78, 5) is 11.6. The van der Waals surface area contributed by atoms with Gasteiger partial charge in [0.15, 0.2) is 5.76 Å². The Labute approximate surface area is 94.6 Å². The molecule has 5 nitrogen and oxygen atoms in total. The Kier molecular flexibility index (Phi) is 5.01. The van der Waals surface area contributed by atoms with E-state index in [1.54, 1.807) is 12.1 Å². The van der Waals surface area contributed by atoms with E-state index < -0.39 is 0 Å². The molecular weight excluding hydrogens is 208 g/mol. The second-order valence-corrected chi connectivity index (χ2v) is 3.80. The zero-order valence-corrected chi connectivity index (χ0v) is 9.40. The lowest BCUT2D eigenvalue weighted by atomic mass is 10.1. The molecule has 0 fully saturated rings. The minimum atomic E-state index is -0.246. The van der Waals surface area contributed by atoms with Gasteiger partial charge in [0.2, 0.25) is 0 Å². The molecule has 0 radical (unpaired) electrons. The smallest absolute Gasteiger partial charge is 0.287 e. The summed E-state index contributed by atoms with van der Waals surface area (Å²) in [5.41, 5.74) is 5.37. The summed E-state index contributed by atoms with van der Waals surface area (Å²) >= 11 is 0. The maximum atomic E-state index is 11.6. The molecule has 1 aromatic heterocycles. The van der Waals surface area contributed by atoms with E-state index in [9.17, 15) is 4.79 Å². The summed E-state index contributed by atoms with van der Waals surface area (Å²) in [6, 6.07) is 3.29. The number of hydrogen-bond acceptors (Lipinski definition) is 4. The third kappa shape index (κ3) is 3.67. The standard InChI is InChI=1S/C11H18N2O3/c1-8(4-5-14)7-13-11(15)10-3-2-9(6-12)16-10/h2-3,8,14H,4-7,12H2,1H3,(H,13,15). The van der Waals surface area contributed by atoms with Gasteiger partial charge in [-0.1, -0.05) is 6.92 Å². The third-order valence-corrected chi connectivity index (χ3v) is 2.32. The molecule has 0 aliphatic carbocycles. The minimum Gasteiger partial charge on any atom is -0.455 e. The van der Waals surface area contributed by atoms with Gasteiger partial charge in [-0.25, -0.2) is 0 Å². The molecule has 0 aliphatic rings. The molecule has 4 N–H and O–H groups in total. The van der Waals surface area contributed by atoms with Gasteiger partial charge in [0.1, 0.15) is 5.76 Å². The number of aliphatic hydroxyl groups is 1. The molecule has 1 amide bonds. The lowest BCUT2D eigenvalue weighted by Crippen LogP contribution is -2.28. The molecule has 1 heterocycles. The van der Waals surface area contributed by atoms with Crippen LogP contribution in [0, 0.1) is 5.92 Å². The molecule has 0 aliphatic heterocycles. The summed E-state index contributed by atoms with van der Waals surface area (Å²) in [7, 11) is 0. The van der Waals surface area contributed by atoms with Crippen LogP contribution < -0.4 is 11.1 Å². The second kappa shape index (κ2) is 6.30. The van der Waals surface area contributed by atoms with Gasteiger partial charge in [0, 0.05) is 13.2 Å². The molecule has 0 saturated heterocycles. The number of carbonyl (C=O) groups excluding carboxylic acids is 1. The molecule has 0 aromatic carbocycles. The average Bonchev–Trinajstić information content (AvgIpc) is 2.75. The van der Waals surface area contributed by atoms with E-state index in [0.717, 1.165) is 0 Å². The highest BCUT2D eigenvalue weighted by atomic mass is 16.4. The van der Waals surface area contributed by atoms with E-state index in [0.29, 0.717) is 18.7 Å². The fraction of sp³-hybridized carbons (Fsp3) is 0.545. The molecule has 1 aromatic rings. The minimum absolute atomic E-state index is 0.134. The molecule has 1 rings (SSSR count). The summed E-state index contributed by atoms with van der Waals surface area (Å²) in [5.74, 6) is 0.868. The van der Waals surface area contributed by atoms with Crippen LogP contribution in [-0.2, 0) is 6.54 Å². The predicted molar refractivity (Wildman–Crippen MR) is 59.8 cm³/mol. The quantitative estimate of drug-likeness (QED) is 0.658. The lowest BCUT2D eigenvalue weighted by molar-refractivity contribution is 0.0916. The number of furan rings is 1. The lowest BCUT2D eigenvalue weighted by Gasteiger charge is -2.09. The van der Waals surface area contributed by atoms with Crippen LogP contribution in [0.3, 0.4) is 0 Å². The van der Waals surface area contributed by atoms with Crippen molar-refractivity contribution >= 4 is 5.91 Å². The molecule has 1 atom stereocenters. The van der Waals surface area contributed by atoms with E-state index in [1.807, 2.05) is 6.92 Å². The van der Waals surface area contributed by atoms with Crippen molar-refractivity contribution in [1.82, 2.24) is 5.32 Å². The SMILES string of the molecule is CC(CCO)CNC(=O)c1ccc(CN)o1. The normalized spacial score (nSPS) is 12.4. The summed E-state index contributed by atoms with van der Waals surface area (Å²) in [5, 5.41) is 11.4. The van der Waals surface area contributed by atoms with Gasteiger partial charge in [0.05, 0.1) is 6.54 Å². The molecule has 0 bridgehead atoms.